The fraction of sp³-hybridized carbons (Fsp3) is 0.600. The Morgan fingerprint density at radius 2 is 1.89 bits per heavy atom. The standard InChI is InChI=1S/C15H24ClNO2/c1-4-15(12-5-7-13(16)8-6-12)17-9-14(18)10-19-11(2)3/h5-8,11,14-15,17-18H,4,9-10H2,1-3H3. The van der Waals surface area contributed by atoms with Gasteiger partial charge in [-0.2, -0.15) is 0 Å². The molecule has 1 aromatic carbocycles. The number of rotatable bonds is 8. The van der Waals surface area contributed by atoms with Gasteiger partial charge in [-0.3, -0.25) is 0 Å². The van der Waals surface area contributed by atoms with Crippen LogP contribution in [0.1, 0.15) is 38.8 Å². The summed E-state index contributed by atoms with van der Waals surface area (Å²) in [5.41, 5.74) is 1.18. The van der Waals surface area contributed by atoms with Crippen molar-refractivity contribution in [3.8, 4) is 0 Å². The van der Waals surface area contributed by atoms with E-state index in [1.54, 1.807) is 0 Å². The zero-order valence-electron chi connectivity index (χ0n) is 11.9. The quantitative estimate of drug-likeness (QED) is 0.771. The second kappa shape index (κ2) is 8.54. The lowest BCUT2D eigenvalue weighted by molar-refractivity contribution is 0.00538. The van der Waals surface area contributed by atoms with Gasteiger partial charge in [0.25, 0.3) is 0 Å². The van der Waals surface area contributed by atoms with E-state index >= 15 is 0 Å². The van der Waals surface area contributed by atoms with Crippen molar-refractivity contribution in [2.45, 2.75) is 45.4 Å². The third-order valence-electron chi connectivity index (χ3n) is 2.90. The Bertz CT molecular complexity index is 354. The molecule has 0 aliphatic rings. The maximum Gasteiger partial charge on any atom is 0.0898 e. The SMILES string of the molecule is CCC(NCC(O)COC(C)C)c1ccc(Cl)cc1. The normalized spacial score (nSPS) is 14.6. The molecule has 2 N–H and O–H groups in total. The van der Waals surface area contributed by atoms with Crippen LogP contribution < -0.4 is 5.32 Å². The van der Waals surface area contributed by atoms with Crippen molar-refractivity contribution in [1.29, 1.82) is 0 Å². The summed E-state index contributed by atoms with van der Waals surface area (Å²) in [7, 11) is 0. The number of hydrogen-bond donors (Lipinski definition) is 2. The maximum atomic E-state index is 9.82. The van der Waals surface area contributed by atoms with Crippen LogP contribution in [0.4, 0.5) is 0 Å². The van der Waals surface area contributed by atoms with Crippen molar-refractivity contribution in [2.75, 3.05) is 13.2 Å². The maximum absolute atomic E-state index is 9.82. The Balaban J connectivity index is 2.42. The molecule has 0 aliphatic heterocycles. The van der Waals surface area contributed by atoms with Gasteiger partial charge in [-0.15, -0.1) is 0 Å². The summed E-state index contributed by atoms with van der Waals surface area (Å²) < 4.78 is 5.38. The Labute approximate surface area is 120 Å². The van der Waals surface area contributed by atoms with Crippen molar-refractivity contribution < 1.29 is 9.84 Å². The van der Waals surface area contributed by atoms with Gasteiger partial charge in [0.2, 0.25) is 0 Å². The molecule has 3 nitrogen and oxygen atoms in total. The van der Waals surface area contributed by atoms with E-state index in [-0.39, 0.29) is 12.1 Å². The first kappa shape index (κ1) is 16.4. The van der Waals surface area contributed by atoms with Gasteiger partial charge in [0.15, 0.2) is 0 Å². The van der Waals surface area contributed by atoms with E-state index < -0.39 is 6.10 Å². The molecule has 0 saturated heterocycles. The lowest BCUT2D eigenvalue weighted by Gasteiger charge is -2.20. The molecule has 0 bridgehead atoms. The first-order valence-electron chi connectivity index (χ1n) is 6.81. The van der Waals surface area contributed by atoms with Crippen LogP contribution >= 0.6 is 11.6 Å². The van der Waals surface area contributed by atoms with Crippen LogP contribution in [0, 0.1) is 0 Å². The third kappa shape index (κ3) is 6.39. The van der Waals surface area contributed by atoms with Gasteiger partial charge in [-0.1, -0.05) is 30.7 Å². The molecule has 0 spiro atoms. The lowest BCUT2D eigenvalue weighted by Crippen LogP contribution is -2.33. The van der Waals surface area contributed by atoms with Crippen LogP contribution in [0.3, 0.4) is 0 Å². The fourth-order valence-electron chi connectivity index (χ4n) is 1.83. The molecule has 0 aliphatic carbocycles. The minimum absolute atomic E-state index is 0.146. The van der Waals surface area contributed by atoms with E-state index in [0.717, 1.165) is 11.4 Å². The monoisotopic (exact) mass is 285 g/mol. The molecular formula is C15H24ClNO2. The lowest BCUT2D eigenvalue weighted by atomic mass is 10.0. The smallest absolute Gasteiger partial charge is 0.0898 e. The second-order valence-corrected chi connectivity index (χ2v) is 5.39. The van der Waals surface area contributed by atoms with E-state index in [1.807, 2.05) is 38.1 Å². The summed E-state index contributed by atoms with van der Waals surface area (Å²) in [4.78, 5) is 0. The molecule has 0 saturated carbocycles. The van der Waals surface area contributed by atoms with Gasteiger partial charge >= 0.3 is 0 Å². The van der Waals surface area contributed by atoms with Crippen LogP contribution in [0.25, 0.3) is 0 Å². The molecular weight excluding hydrogens is 262 g/mol. The molecule has 0 fully saturated rings. The van der Waals surface area contributed by atoms with E-state index in [4.69, 9.17) is 16.3 Å². The fourth-order valence-corrected chi connectivity index (χ4v) is 1.96. The summed E-state index contributed by atoms with van der Waals surface area (Å²) in [5.74, 6) is 0. The average Bonchev–Trinajstić information content (AvgIpc) is 2.39. The number of benzene rings is 1. The van der Waals surface area contributed by atoms with Crippen LogP contribution in [0.5, 0.6) is 0 Å². The predicted molar refractivity (Wildman–Crippen MR) is 79.6 cm³/mol. The number of nitrogens with one attached hydrogen (secondary N) is 1. The van der Waals surface area contributed by atoms with Crippen LogP contribution in [0.2, 0.25) is 5.02 Å². The number of aliphatic hydroxyl groups excluding tert-OH is 1. The molecule has 0 heterocycles. The molecule has 1 rings (SSSR count). The highest BCUT2D eigenvalue weighted by molar-refractivity contribution is 6.30. The molecule has 2 atom stereocenters. The highest BCUT2D eigenvalue weighted by atomic mass is 35.5. The molecule has 0 aromatic heterocycles. The average molecular weight is 286 g/mol. The van der Waals surface area contributed by atoms with Crippen molar-refractivity contribution in [3.05, 3.63) is 34.9 Å². The zero-order valence-corrected chi connectivity index (χ0v) is 12.7. The molecule has 0 radical (unpaired) electrons. The van der Waals surface area contributed by atoms with Crippen LogP contribution in [-0.4, -0.2) is 30.5 Å². The van der Waals surface area contributed by atoms with Gasteiger partial charge in [-0.25, -0.2) is 0 Å². The van der Waals surface area contributed by atoms with Crippen LogP contribution in [-0.2, 0) is 4.74 Å². The molecule has 1 aromatic rings. The minimum Gasteiger partial charge on any atom is -0.389 e. The Hall–Kier alpha value is -0.610. The molecule has 4 heteroatoms. The summed E-state index contributed by atoms with van der Waals surface area (Å²) in [6, 6.07) is 8.03. The minimum atomic E-state index is -0.483. The predicted octanol–water partition coefficient (Wildman–Crippen LogP) is 3.17. The van der Waals surface area contributed by atoms with E-state index in [9.17, 15) is 5.11 Å². The third-order valence-corrected chi connectivity index (χ3v) is 3.15. The molecule has 108 valence electrons. The topological polar surface area (TPSA) is 41.5 Å². The summed E-state index contributed by atoms with van der Waals surface area (Å²) in [6.45, 7) is 6.92. The summed E-state index contributed by atoms with van der Waals surface area (Å²) >= 11 is 5.88. The number of hydrogen-bond acceptors (Lipinski definition) is 3. The first-order chi connectivity index (χ1) is 9.02. The van der Waals surface area contributed by atoms with Crippen LogP contribution in [0.15, 0.2) is 24.3 Å². The summed E-state index contributed by atoms with van der Waals surface area (Å²) in [6.07, 6.45) is 0.621. The molecule has 0 amide bonds. The Morgan fingerprint density at radius 3 is 2.42 bits per heavy atom. The second-order valence-electron chi connectivity index (χ2n) is 4.96. The van der Waals surface area contributed by atoms with Crippen molar-refractivity contribution >= 4 is 11.6 Å². The van der Waals surface area contributed by atoms with Gasteiger partial charge in [0.1, 0.15) is 0 Å². The first-order valence-corrected chi connectivity index (χ1v) is 7.19. The number of aliphatic hydroxyl groups is 1. The largest absolute Gasteiger partial charge is 0.389 e. The van der Waals surface area contributed by atoms with E-state index in [0.29, 0.717) is 13.2 Å². The summed E-state index contributed by atoms with van der Waals surface area (Å²) in [5, 5.41) is 13.9. The van der Waals surface area contributed by atoms with Crippen molar-refractivity contribution in [2.24, 2.45) is 0 Å². The van der Waals surface area contributed by atoms with Crippen molar-refractivity contribution in [1.82, 2.24) is 5.32 Å². The van der Waals surface area contributed by atoms with Gasteiger partial charge in [-0.05, 0) is 38.0 Å². The highest BCUT2D eigenvalue weighted by Crippen LogP contribution is 2.19. The van der Waals surface area contributed by atoms with E-state index in [2.05, 4.69) is 12.2 Å². The van der Waals surface area contributed by atoms with Crippen molar-refractivity contribution in [3.63, 3.8) is 0 Å². The zero-order chi connectivity index (χ0) is 14.3. The van der Waals surface area contributed by atoms with E-state index in [1.165, 1.54) is 5.56 Å². The number of halogens is 1. The van der Waals surface area contributed by atoms with Gasteiger partial charge < -0.3 is 15.2 Å². The molecule has 2 unspecified atom stereocenters. The number of ether oxygens (including phenoxy) is 1. The Morgan fingerprint density at radius 1 is 1.26 bits per heavy atom. The van der Waals surface area contributed by atoms with Gasteiger partial charge in [0.05, 0.1) is 18.8 Å². The molecule has 19 heavy (non-hydrogen) atoms. The highest BCUT2D eigenvalue weighted by Gasteiger charge is 2.12. The Kier molecular flexibility index (Phi) is 7.39. The van der Waals surface area contributed by atoms with Gasteiger partial charge in [0, 0.05) is 17.6 Å².